The van der Waals surface area contributed by atoms with Crippen LogP contribution in [0.3, 0.4) is 0 Å². The van der Waals surface area contributed by atoms with Crippen LogP contribution < -0.4 is 5.32 Å². The van der Waals surface area contributed by atoms with Crippen molar-refractivity contribution in [2.45, 2.75) is 25.9 Å². The summed E-state index contributed by atoms with van der Waals surface area (Å²) in [5.74, 6) is -0.279. The number of hydrogen-bond acceptors (Lipinski definition) is 2. The molecule has 0 aliphatic carbocycles. The zero-order chi connectivity index (χ0) is 14.7. The van der Waals surface area contributed by atoms with Gasteiger partial charge in [0, 0.05) is 16.6 Å². The lowest BCUT2D eigenvalue weighted by atomic mass is 10.0. The van der Waals surface area contributed by atoms with Crippen molar-refractivity contribution in [1.82, 2.24) is 15.1 Å². The Morgan fingerprint density at radius 3 is 2.85 bits per heavy atom. The molecule has 6 heteroatoms. The molecule has 0 aliphatic rings. The minimum atomic E-state index is -0.329. The van der Waals surface area contributed by atoms with E-state index in [2.05, 4.69) is 33.3 Å². The minimum absolute atomic E-state index is 0.279. The number of aryl methyl sites for hydroxylation is 1. The molecule has 0 aliphatic heterocycles. The second-order valence-electron chi connectivity index (χ2n) is 4.49. The maximum atomic E-state index is 14.2. The summed E-state index contributed by atoms with van der Waals surface area (Å²) in [7, 11) is 1.78. The Labute approximate surface area is 131 Å². The maximum absolute atomic E-state index is 14.2. The molecule has 0 amide bonds. The fourth-order valence-electron chi connectivity index (χ4n) is 2.22. The van der Waals surface area contributed by atoms with Crippen LogP contribution in [-0.4, -0.2) is 16.8 Å². The number of hydrogen-bond donors (Lipinski definition) is 1. The lowest BCUT2D eigenvalue weighted by Gasteiger charge is -2.19. The third-order valence-electron chi connectivity index (χ3n) is 3.10. The van der Waals surface area contributed by atoms with E-state index in [1.807, 2.05) is 10.7 Å². The van der Waals surface area contributed by atoms with E-state index in [1.54, 1.807) is 19.3 Å². The van der Waals surface area contributed by atoms with Crippen molar-refractivity contribution >= 4 is 27.5 Å². The average Bonchev–Trinajstić information content (AvgIpc) is 2.75. The van der Waals surface area contributed by atoms with Crippen LogP contribution in [0.1, 0.15) is 30.6 Å². The molecule has 0 saturated carbocycles. The van der Waals surface area contributed by atoms with Gasteiger partial charge in [-0.15, -0.1) is 0 Å². The molecule has 1 aromatic carbocycles. The van der Waals surface area contributed by atoms with Crippen molar-refractivity contribution < 1.29 is 4.39 Å². The smallest absolute Gasteiger partial charge is 0.129 e. The van der Waals surface area contributed by atoms with Gasteiger partial charge >= 0.3 is 0 Å². The molecule has 1 heterocycles. The molecule has 1 N–H and O–H groups in total. The fourth-order valence-corrected chi connectivity index (χ4v) is 2.81. The van der Waals surface area contributed by atoms with Crippen molar-refractivity contribution in [1.29, 1.82) is 0 Å². The van der Waals surface area contributed by atoms with Crippen molar-refractivity contribution in [3.05, 3.63) is 51.0 Å². The molecule has 3 nitrogen and oxygen atoms in total. The summed E-state index contributed by atoms with van der Waals surface area (Å²) >= 11 is 9.50. The molecule has 2 rings (SSSR count). The summed E-state index contributed by atoms with van der Waals surface area (Å²) in [6.07, 6.45) is 2.54. The van der Waals surface area contributed by atoms with E-state index < -0.39 is 0 Å². The molecule has 1 unspecified atom stereocenters. The van der Waals surface area contributed by atoms with Gasteiger partial charge in [-0.1, -0.05) is 40.5 Å². The second-order valence-corrected chi connectivity index (χ2v) is 5.81. The summed E-state index contributed by atoms with van der Waals surface area (Å²) < 4.78 is 16.7. The van der Waals surface area contributed by atoms with Crippen molar-refractivity contribution in [3.8, 4) is 0 Å². The van der Waals surface area contributed by atoms with Crippen molar-refractivity contribution in [2.24, 2.45) is 0 Å². The number of rotatable bonds is 5. The Morgan fingerprint density at radius 1 is 1.50 bits per heavy atom. The molecule has 1 atom stereocenters. The van der Waals surface area contributed by atoms with E-state index in [0.717, 1.165) is 18.7 Å². The van der Waals surface area contributed by atoms with Crippen LogP contribution in [0.2, 0.25) is 5.02 Å². The van der Waals surface area contributed by atoms with Crippen LogP contribution in [0.4, 0.5) is 4.39 Å². The molecule has 1 aromatic heterocycles. The first-order chi connectivity index (χ1) is 9.58. The molecule has 0 saturated heterocycles. The molecule has 0 spiro atoms. The number of benzene rings is 1. The number of aromatic nitrogens is 2. The van der Waals surface area contributed by atoms with E-state index in [9.17, 15) is 4.39 Å². The molecule has 20 heavy (non-hydrogen) atoms. The predicted molar refractivity (Wildman–Crippen MR) is 82.5 cm³/mol. The highest BCUT2D eigenvalue weighted by Gasteiger charge is 2.23. The first-order valence-corrected chi connectivity index (χ1v) is 7.59. The van der Waals surface area contributed by atoms with Gasteiger partial charge < -0.3 is 5.32 Å². The summed E-state index contributed by atoms with van der Waals surface area (Å²) in [5.41, 5.74) is 1.34. The first kappa shape index (κ1) is 15.5. The quantitative estimate of drug-likeness (QED) is 0.868. The highest BCUT2D eigenvalue weighted by Crippen LogP contribution is 2.30. The lowest BCUT2D eigenvalue weighted by Crippen LogP contribution is -2.23. The average molecular weight is 361 g/mol. The second kappa shape index (κ2) is 6.70. The van der Waals surface area contributed by atoms with Crippen LogP contribution in [0.5, 0.6) is 0 Å². The van der Waals surface area contributed by atoms with Gasteiger partial charge in [0.05, 0.1) is 23.0 Å². The van der Waals surface area contributed by atoms with Crippen LogP contribution in [0.25, 0.3) is 0 Å². The summed E-state index contributed by atoms with van der Waals surface area (Å²) in [6.45, 7) is 2.81. The maximum Gasteiger partial charge on any atom is 0.129 e. The van der Waals surface area contributed by atoms with Crippen molar-refractivity contribution in [3.63, 3.8) is 0 Å². The van der Waals surface area contributed by atoms with Gasteiger partial charge in [-0.05, 0) is 25.6 Å². The lowest BCUT2D eigenvalue weighted by molar-refractivity contribution is 0.516. The highest BCUT2D eigenvalue weighted by molar-refractivity contribution is 9.10. The Hall–Kier alpha value is -0.910. The van der Waals surface area contributed by atoms with Crippen LogP contribution in [-0.2, 0) is 6.54 Å². The SMILES string of the molecule is CCCn1ncc(Cl)c1C(NC)c1ccc(Br)cc1F. The topological polar surface area (TPSA) is 29.9 Å². The Balaban J connectivity index is 2.49. The van der Waals surface area contributed by atoms with Crippen LogP contribution in [0, 0.1) is 5.82 Å². The van der Waals surface area contributed by atoms with Crippen LogP contribution in [0.15, 0.2) is 28.9 Å². The molecule has 0 bridgehead atoms. The third kappa shape index (κ3) is 3.05. The van der Waals surface area contributed by atoms with Gasteiger partial charge in [-0.25, -0.2) is 4.39 Å². The highest BCUT2D eigenvalue weighted by atomic mass is 79.9. The standard InChI is InChI=1S/C14H16BrClFN3/c1-3-6-20-14(11(16)8-19-20)13(18-2)10-5-4-9(15)7-12(10)17/h4-5,7-8,13,18H,3,6H2,1-2H3. The summed E-state index contributed by atoms with van der Waals surface area (Å²) in [5, 5.41) is 7.92. The molecule has 0 radical (unpaired) electrons. The van der Waals surface area contributed by atoms with Gasteiger partial charge in [-0.2, -0.15) is 5.10 Å². The summed E-state index contributed by atoms with van der Waals surface area (Å²) in [4.78, 5) is 0. The number of nitrogens with one attached hydrogen (secondary N) is 1. The Kier molecular flexibility index (Phi) is 5.18. The minimum Gasteiger partial charge on any atom is -0.308 e. The molecular formula is C14H16BrClFN3. The third-order valence-corrected chi connectivity index (χ3v) is 3.89. The fraction of sp³-hybridized carbons (Fsp3) is 0.357. The van der Waals surface area contributed by atoms with E-state index in [1.165, 1.54) is 6.07 Å². The van der Waals surface area contributed by atoms with Crippen molar-refractivity contribution in [2.75, 3.05) is 7.05 Å². The first-order valence-electron chi connectivity index (χ1n) is 6.41. The molecular weight excluding hydrogens is 345 g/mol. The largest absolute Gasteiger partial charge is 0.308 e. The number of halogens is 3. The zero-order valence-electron chi connectivity index (χ0n) is 11.3. The van der Waals surface area contributed by atoms with Gasteiger partial charge in [0.15, 0.2) is 0 Å². The monoisotopic (exact) mass is 359 g/mol. The van der Waals surface area contributed by atoms with E-state index in [0.29, 0.717) is 15.1 Å². The Bertz CT molecular complexity index is 600. The zero-order valence-corrected chi connectivity index (χ0v) is 13.7. The van der Waals surface area contributed by atoms with Gasteiger partial charge in [0.2, 0.25) is 0 Å². The molecule has 108 valence electrons. The molecule has 2 aromatic rings. The van der Waals surface area contributed by atoms with Crippen LogP contribution >= 0.6 is 27.5 Å². The number of nitrogens with zero attached hydrogens (tertiary/aromatic N) is 2. The van der Waals surface area contributed by atoms with E-state index in [4.69, 9.17) is 11.6 Å². The van der Waals surface area contributed by atoms with Gasteiger partial charge in [-0.3, -0.25) is 4.68 Å². The predicted octanol–water partition coefficient (Wildman–Crippen LogP) is 4.16. The molecule has 0 fully saturated rings. The van der Waals surface area contributed by atoms with Gasteiger partial charge in [0.1, 0.15) is 5.82 Å². The summed E-state index contributed by atoms with van der Waals surface area (Å²) in [6, 6.07) is 4.69. The van der Waals surface area contributed by atoms with Gasteiger partial charge in [0.25, 0.3) is 0 Å². The Morgan fingerprint density at radius 2 is 2.25 bits per heavy atom. The van der Waals surface area contributed by atoms with E-state index in [-0.39, 0.29) is 11.9 Å². The van der Waals surface area contributed by atoms with E-state index >= 15 is 0 Å². The normalized spacial score (nSPS) is 12.7.